The predicted molar refractivity (Wildman–Crippen MR) is 132 cm³/mol. The van der Waals surface area contributed by atoms with E-state index in [2.05, 4.69) is 77.0 Å². The Kier molecular flexibility index (Phi) is 4.43. The zero-order valence-corrected chi connectivity index (χ0v) is 17.3. The Balaban J connectivity index is 1.24. The molecule has 0 saturated carbocycles. The van der Waals surface area contributed by atoms with E-state index in [1.165, 1.54) is 21.9 Å². The molecule has 1 heterocycles. The van der Waals surface area contributed by atoms with E-state index in [0.29, 0.717) is 5.89 Å². The van der Waals surface area contributed by atoms with Gasteiger partial charge in [0.1, 0.15) is 5.52 Å². The highest BCUT2D eigenvalue weighted by atomic mass is 16.3. The molecule has 0 spiro atoms. The van der Waals surface area contributed by atoms with Gasteiger partial charge in [0.05, 0.1) is 0 Å². The summed E-state index contributed by atoms with van der Waals surface area (Å²) in [5.74, 6) is 0.637. The van der Waals surface area contributed by atoms with Crippen LogP contribution in [0.3, 0.4) is 0 Å². The van der Waals surface area contributed by atoms with E-state index in [4.69, 9.17) is 4.42 Å². The largest absolute Gasteiger partial charge is 0.436 e. The van der Waals surface area contributed by atoms with Gasteiger partial charge in [0.15, 0.2) is 5.58 Å². The molecule has 0 aliphatic heterocycles. The lowest BCUT2D eigenvalue weighted by atomic mass is 10.0. The van der Waals surface area contributed by atoms with Gasteiger partial charge in [-0.15, -0.1) is 0 Å². The molecular formula is C29H20N2O. The van der Waals surface area contributed by atoms with Crippen molar-refractivity contribution in [2.45, 2.75) is 0 Å². The Morgan fingerprint density at radius 3 is 2.09 bits per heavy atom. The molecule has 0 amide bonds. The van der Waals surface area contributed by atoms with Crippen LogP contribution >= 0.6 is 0 Å². The lowest BCUT2D eigenvalue weighted by Gasteiger charge is -2.08. The summed E-state index contributed by atoms with van der Waals surface area (Å²) in [5, 5.41) is 5.98. The van der Waals surface area contributed by atoms with Crippen LogP contribution in [0.2, 0.25) is 0 Å². The van der Waals surface area contributed by atoms with Gasteiger partial charge in [-0.2, -0.15) is 0 Å². The van der Waals surface area contributed by atoms with Crippen molar-refractivity contribution < 1.29 is 4.42 Å². The van der Waals surface area contributed by atoms with Crippen LogP contribution in [0, 0.1) is 0 Å². The van der Waals surface area contributed by atoms with Gasteiger partial charge in [-0.25, -0.2) is 4.98 Å². The van der Waals surface area contributed by atoms with Gasteiger partial charge in [-0.1, -0.05) is 66.7 Å². The van der Waals surface area contributed by atoms with Crippen LogP contribution in [0.5, 0.6) is 0 Å². The van der Waals surface area contributed by atoms with E-state index in [-0.39, 0.29) is 0 Å². The Bertz CT molecular complexity index is 1530. The number of hydrogen-bond donors (Lipinski definition) is 1. The molecule has 6 aromatic rings. The quantitative estimate of drug-likeness (QED) is 0.318. The van der Waals surface area contributed by atoms with Crippen molar-refractivity contribution in [3.8, 4) is 22.6 Å². The predicted octanol–water partition coefficient (Wildman–Crippen LogP) is 8.06. The number of rotatable bonds is 4. The van der Waals surface area contributed by atoms with Crippen molar-refractivity contribution in [2.24, 2.45) is 0 Å². The monoisotopic (exact) mass is 412 g/mol. The topological polar surface area (TPSA) is 38.1 Å². The minimum absolute atomic E-state index is 0.637. The molecule has 32 heavy (non-hydrogen) atoms. The van der Waals surface area contributed by atoms with Crippen molar-refractivity contribution in [3.63, 3.8) is 0 Å². The Labute approximate surface area is 186 Å². The summed E-state index contributed by atoms with van der Waals surface area (Å²) >= 11 is 0. The minimum atomic E-state index is 0.637. The molecule has 0 unspecified atom stereocenters. The summed E-state index contributed by atoms with van der Waals surface area (Å²) in [4.78, 5) is 4.60. The van der Waals surface area contributed by atoms with Crippen molar-refractivity contribution in [3.05, 3.63) is 115 Å². The second kappa shape index (κ2) is 7.71. The molecule has 6 rings (SSSR count). The van der Waals surface area contributed by atoms with Gasteiger partial charge in [-0.3, -0.25) is 0 Å². The fraction of sp³-hybridized carbons (Fsp3) is 0. The number of benzene rings is 5. The SMILES string of the molecule is c1ccc(-c2nc3ccc(Nc4ccc(-c5ccc6ccccc6c5)cc4)cc3o2)cc1. The van der Waals surface area contributed by atoms with Crippen molar-refractivity contribution in [1.29, 1.82) is 0 Å². The molecule has 1 aromatic heterocycles. The third-order valence-corrected chi connectivity index (χ3v) is 5.67. The smallest absolute Gasteiger partial charge is 0.227 e. The Morgan fingerprint density at radius 1 is 0.531 bits per heavy atom. The lowest BCUT2D eigenvalue weighted by Crippen LogP contribution is -1.90. The molecule has 1 N–H and O–H groups in total. The number of fused-ring (bicyclic) bond motifs is 2. The van der Waals surface area contributed by atoms with Crippen LogP contribution < -0.4 is 5.32 Å². The number of nitrogens with one attached hydrogen (secondary N) is 1. The molecule has 0 fully saturated rings. The first kappa shape index (κ1) is 18.4. The third kappa shape index (κ3) is 3.50. The second-order valence-electron chi connectivity index (χ2n) is 7.83. The Morgan fingerprint density at radius 2 is 1.25 bits per heavy atom. The van der Waals surface area contributed by atoms with E-state index in [0.717, 1.165) is 28.0 Å². The van der Waals surface area contributed by atoms with Crippen molar-refractivity contribution in [2.75, 3.05) is 5.32 Å². The maximum Gasteiger partial charge on any atom is 0.227 e. The van der Waals surface area contributed by atoms with Crippen LogP contribution in [-0.2, 0) is 0 Å². The second-order valence-corrected chi connectivity index (χ2v) is 7.83. The number of nitrogens with zero attached hydrogens (tertiary/aromatic N) is 1. The lowest BCUT2D eigenvalue weighted by molar-refractivity contribution is 0.620. The summed E-state index contributed by atoms with van der Waals surface area (Å²) in [6, 6.07) is 39.5. The van der Waals surface area contributed by atoms with Crippen LogP contribution in [0.4, 0.5) is 11.4 Å². The van der Waals surface area contributed by atoms with Gasteiger partial charge >= 0.3 is 0 Å². The normalized spacial score (nSPS) is 11.1. The van der Waals surface area contributed by atoms with Crippen LogP contribution in [0.25, 0.3) is 44.5 Å². The number of oxazole rings is 1. The van der Waals surface area contributed by atoms with E-state index >= 15 is 0 Å². The summed E-state index contributed by atoms with van der Waals surface area (Å²) in [6.45, 7) is 0. The fourth-order valence-corrected chi connectivity index (χ4v) is 3.99. The van der Waals surface area contributed by atoms with E-state index in [1.54, 1.807) is 0 Å². The van der Waals surface area contributed by atoms with E-state index < -0.39 is 0 Å². The van der Waals surface area contributed by atoms with Crippen molar-refractivity contribution in [1.82, 2.24) is 4.98 Å². The minimum Gasteiger partial charge on any atom is -0.436 e. The Hall–Kier alpha value is -4.37. The number of anilines is 2. The molecule has 0 atom stereocenters. The molecule has 152 valence electrons. The van der Waals surface area contributed by atoms with Crippen LogP contribution in [-0.4, -0.2) is 4.98 Å². The zero-order chi connectivity index (χ0) is 21.3. The maximum absolute atomic E-state index is 5.99. The molecule has 0 bridgehead atoms. The summed E-state index contributed by atoms with van der Waals surface area (Å²) in [5.41, 5.74) is 6.99. The van der Waals surface area contributed by atoms with E-state index in [1.807, 2.05) is 48.5 Å². The molecule has 3 heteroatoms. The van der Waals surface area contributed by atoms with Gasteiger partial charge < -0.3 is 9.73 Å². The molecular weight excluding hydrogens is 392 g/mol. The zero-order valence-electron chi connectivity index (χ0n) is 17.3. The first-order valence-electron chi connectivity index (χ1n) is 10.6. The molecule has 0 aliphatic carbocycles. The highest BCUT2D eigenvalue weighted by Crippen LogP contribution is 2.29. The molecule has 3 nitrogen and oxygen atoms in total. The van der Waals surface area contributed by atoms with Gasteiger partial charge in [-0.05, 0) is 64.4 Å². The van der Waals surface area contributed by atoms with Crippen LogP contribution in [0.1, 0.15) is 0 Å². The summed E-state index contributed by atoms with van der Waals surface area (Å²) < 4.78 is 5.99. The molecule has 0 saturated heterocycles. The van der Waals surface area contributed by atoms with Gasteiger partial charge in [0.2, 0.25) is 5.89 Å². The average molecular weight is 412 g/mol. The van der Waals surface area contributed by atoms with E-state index in [9.17, 15) is 0 Å². The van der Waals surface area contributed by atoms with Crippen LogP contribution in [0.15, 0.2) is 120 Å². The summed E-state index contributed by atoms with van der Waals surface area (Å²) in [7, 11) is 0. The highest BCUT2D eigenvalue weighted by Gasteiger charge is 2.09. The molecule has 5 aromatic carbocycles. The standard InChI is InChI=1S/C29H20N2O/c1-2-7-22(8-3-1)29-31-27-17-16-26(19-28(27)32-29)30-25-14-12-21(13-15-25)24-11-10-20-6-4-5-9-23(20)18-24/h1-19,30H. The third-order valence-electron chi connectivity index (χ3n) is 5.67. The molecule has 0 radical (unpaired) electrons. The van der Waals surface area contributed by atoms with Gasteiger partial charge in [0, 0.05) is 23.0 Å². The first-order valence-corrected chi connectivity index (χ1v) is 10.6. The fourth-order valence-electron chi connectivity index (χ4n) is 3.99. The highest BCUT2D eigenvalue weighted by molar-refractivity contribution is 5.87. The van der Waals surface area contributed by atoms with Crippen molar-refractivity contribution >= 4 is 33.2 Å². The average Bonchev–Trinajstić information content (AvgIpc) is 3.28. The molecule has 0 aliphatic rings. The maximum atomic E-state index is 5.99. The first-order chi connectivity index (χ1) is 15.8. The number of aromatic nitrogens is 1. The number of hydrogen-bond acceptors (Lipinski definition) is 3. The van der Waals surface area contributed by atoms with Gasteiger partial charge in [0.25, 0.3) is 0 Å². The summed E-state index contributed by atoms with van der Waals surface area (Å²) in [6.07, 6.45) is 0.